The third-order valence-corrected chi connectivity index (χ3v) is 2.77. The normalized spacial score (nSPS) is 14.4. The van der Waals surface area contributed by atoms with Crippen LogP contribution in [0.5, 0.6) is 0 Å². The molecule has 0 fully saturated rings. The van der Waals surface area contributed by atoms with E-state index in [4.69, 9.17) is 0 Å². The van der Waals surface area contributed by atoms with Gasteiger partial charge >= 0.3 is 0 Å². The molecule has 0 unspecified atom stereocenters. The van der Waals surface area contributed by atoms with E-state index in [2.05, 4.69) is 14.4 Å². The average Bonchev–Trinajstić information content (AvgIpc) is 2.15. The van der Waals surface area contributed by atoms with Crippen LogP contribution in [0.25, 0.3) is 0 Å². The summed E-state index contributed by atoms with van der Waals surface area (Å²) in [6.07, 6.45) is 3.35. The van der Waals surface area contributed by atoms with Crippen molar-refractivity contribution in [3.63, 3.8) is 0 Å². The third kappa shape index (κ3) is 3.83. The van der Waals surface area contributed by atoms with Crippen LogP contribution >= 0.6 is 0 Å². The molecule has 0 aromatic carbocycles. The molecule has 15 heavy (non-hydrogen) atoms. The van der Waals surface area contributed by atoms with E-state index in [-0.39, 0.29) is 5.82 Å². The molecular weight excluding hydrogens is 217 g/mol. The highest BCUT2D eigenvalue weighted by Gasteiger charge is 2.18. The van der Waals surface area contributed by atoms with Crippen LogP contribution in [0.2, 0.25) is 0 Å². The van der Waals surface area contributed by atoms with Crippen molar-refractivity contribution in [1.82, 2.24) is 9.97 Å². The van der Waals surface area contributed by atoms with Gasteiger partial charge in [-0.3, -0.25) is 0 Å². The number of hydrogen-bond acceptors (Lipinski definition) is 3. The number of hydrogen-bond donors (Lipinski definition) is 0. The molecule has 82 valence electrons. The van der Waals surface area contributed by atoms with Crippen molar-refractivity contribution in [3.05, 3.63) is 24.0 Å². The van der Waals surface area contributed by atoms with Crippen molar-refractivity contribution in [2.75, 3.05) is 0 Å². The zero-order valence-corrected chi connectivity index (χ0v) is 9.58. The Bertz CT molecular complexity index is 383. The van der Waals surface area contributed by atoms with Gasteiger partial charge in [-0.05, 0) is 20.8 Å². The lowest BCUT2D eigenvalue weighted by Gasteiger charge is -2.12. The fourth-order valence-electron chi connectivity index (χ4n) is 0.642. The van der Waals surface area contributed by atoms with E-state index in [9.17, 15) is 8.60 Å². The molecular formula is C9H12FN3OS. The van der Waals surface area contributed by atoms with Gasteiger partial charge in [-0.2, -0.15) is 4.40 Å². The van der Waals surface area contributed by atoms with Crippen LogP contribution in [-0.4, -0.2) is 25.1 Å². The van der Waals surface area contributed by atoms with Crippen molar-refractivity contribution in [3.8, 4) is 0 Å². The van der Waals surface area contributed by atoms with Crippen molar-refractivity contribution >= 4 is 17.2 Å². The Kier molecular flexibility index (Phi) is 3.62. The molecule has 0 bridgehead atoms. The van der Waals surface area contributed by atoms with Crippen LogP contribution in [0.1, 0.15) is 26.6 Å². The second-order valence-corrected chi connectivity index (χ2v) is 5.79. The smallest absolute Gasteiger partial charge is 0.171 e. The highest BCUT2D eigenvalue weighted by atomic mass is 32.2. The quantitative estimate of drug-likeness (QED) is 0.722. The molecule has 1 aromatic heterocycles. The van der Waals surface area contributed by atoms with Crippen LogP contribution in [0.15, 0.2) is 16.8 Å². The van der Waals surface area contributed by atoms with Gasteiger partial charge in [0.05, 0.1) is 23.4 Å². The molecule has 0 N–H and O–H groups in total. The highest BCUT2D eigenvalue weighted by Crippen LogP contribution is 2.11. The molecule has 0 radical (unpaired) electrons. The predicted molar refractivity (Wildman–Crippen MR) is 57.5 cm³/mol. The van der Waals surface area contributed by atoms with E-state index in [0.29, 0.717) is 0 Å². The Morgan fingerprint density at radius 2 is 1.93 bits per heavy atom. The van der Waals surface area contributed by atoms with Gasteiger partial charge in [0.25, 0.3) is 0 Å². The summed E-state index contributed by atoms with van der Waals surface area (Å²) in [5, 5.41) is 0. The minimum Gasteiger partial charge on any atom is -0.234 e. The molecule has 0 aliphatic carbocycles. The summed E-state index contributed by atoms with van der Waals surface area (Å²) in [6, 6.07) is 0. The SMILES string of the molecule is CC(C)(C)[S@@](=O)N=Cc1ncc(F)cn1. The van der Waals surface area contributed by atoms with Gasteiger partial charge in [-0.15, -0.1) is 0 Å². The Morgan fingerprint density at radius 3 is 2.40 bits per heavy atom. The zero-order chi connectivity index (χ0) is 11.5. The van der Waals surface area contributed by atoms with Crippen LogP contribution in [0.3, 0.4) is 0 Å². The monoisotopic (exact) mass is 229 g/mol. The lowest BCUT2D eigenvalue weighted by atomic mass is 10.3. The van der Waals surface area contributed by atoms with Gasteiger partial charge in [-0.1, -0.05) is 0 Å². The summed E-state index contributed by atoms with van der Waals surface area (Å²) in [6.45, 7) is 5.43. The first kappa shape index (κ1) is 11.9. The topological polar surface area (TPSA) is 55.2 Å². The van der Waals surface area contributed by atoms with Crippen LogP contribution < -0.4 is 0 Å². The fourth-order valence-corrected chi connectivity index (χ4v) is 1.15. The first-order valence-electron chi connectivity index (χ1n) is 4.33. The molecule has 0 spiro atoms. The van der Waals surface area contributed by atoms with Crippen molar-refractivity contribution in [2.24, 2.45) is 4.40 Å². The van der Waals surface area contributed by atoms with Gasteiger partial charge in [-0.25, -0.2) is 18.6 Å². The Labute approximate surface area is 90.3 Å². The van der Waals surface area contributed by atoms with E-state index in [1.165, 1.54) is 6.21 Å². The van der Waals surface area contributed by atoms with E-state index in [0.717, 1.165) is 12.4 Å². The predicted octanol–water partition coefficient (Wildman–Crippen LogP) is 1.50. The fraction of sp³-hybridized carbons (Fsp3) is 0.444. The molecule has 1 aromatic rings. The maximum atomic E-state index is 12.4. The van der Waals surface area contributed by atoms with Gasteiger partial charge < -0.3 is 0 Å². The van der Waals surface area contributed by atoms with Crippen LogP contribution in [-0.2, 0) is 11.0 Å². The Hall–Kier alpha value is -1.17. The molecule has 1 atom stereocenters. The highest BCUT2D eigenvalue weighted by molar-refractivity contribution is 7.85. The van der Waals surface area contributed by atoms with E-state index < -0.39 is 21.5 Å². The summed E-state index contributed by atoms with van der Waals surface area (Å²) in [5.41, 5.74) is 0. The first-order chi connectivity index (χ1) is 6.89. The van der Waals surface area contributed by atoms with E-state index in [1.54, 1.807) is 0 Å². The maximum absolute atomic E-state index is 12.4. The molecule has 0 saturated heterocycles. The van der Waals surface area contributed by atoms with Crippen molar-refractivity contribution in [2.45, 2.75) is 25.5 Å². The third-order valence-electron chi connectivity index (χ3n) is 1.43. The summed E-state index contributed by atoms with van der Waals surface area (Å²) < 4.78 is 27.3. The molecule has 0 aliphatic rings. The van der Waals surface area contributed by atoms with Gasteiger partial charge in [0.15, 0.2) is 11.6 Å². The number of nitrogens with zero attached hydrogens (tertiary/aromatic N) is 3. The lowest BCUT2D eigenvalue weighted by molar-refractivity contribution is 0.613. The minimum absolute atomic E-state index is 0.244. The number of rotatable bonds is 2. The summed E-state index contributed by atoms with van der Waals surface area (Å²) in [4.78, 5) is 7.32. The minimum atomic E-state index is -1.35. The summed E-state index contributed by atoms with van der Waals surface area (Å²) in [7, 11) is -1.35. The molecule has 1 heterocycles. The summed E-state index contributed by atoms with van der Waals surface area (Å²) in [5.74, 6) is -0.266. The Balaban J connectivity index is 2.74. The molecule has 1 rings (SSSR count). The maximum Gasteiger partial charge on any atom is 0.171 e. The van der Waals surface area contributed by atoms with Crippen molar-refractivity contribution in [1.29, 1.82) is 0 Å². The zero-order valence-electron chi connectivity index (χ0n) is 8.77. The molecule has 6 heteroatoms. The average molecular weight is 229 g/mol. The molecule has 4 nitrogen and oxygen atoms in total. The molecule has 0 amide bonds. The van der Waals surface area contributed by atoms with Crippen molar-refractivity contribution < 1.29 is 8.60 Å². The summed E-state index contributed by atoms with van der Waals surface area (Å²) >= 11 is 0. The molecule has 0 saturated carbocycles. The second-order valence-electron chi connectivity index (χ2n) is 3.86. The molecule has 0 aliphatic heterocycles. The van der Waals surface area contributed by atoms with E-state index >= 15 is 0 Å². The van der Waals surface area contributed by atoms with Crippen LogP contribution in [0.4, 0.5) is 4.39 Å². The van der Waals surface area contributed by atoms with Gasteiger partial charge in [0.2, 0.25) is 0 Å². The second kappa shape index (κ2) is 4.57. The largest absolute Gasteiger partial charge is 0.234 e. The number of aromatic nitrogens is 2. The van der Waals surface area contributed by atoms with Crippen LogP contribution in [0, 0.1) is 5.82 Å². The lowest BCUT2D eigenvalue weighted by Crippen LogP contribution is -2.19. The van der Waals surface area contributed by atoms with Gasteiger partial charge in [0, 0.05) is 0 Å². The Morgan fingerprint density at radius 1 is 1.40 bits per heavy atom. The van der Waals surface area contributed by atoms with Gasteiger partial charge in [0.1, 0.15) is 11.0 Å². The number of halogens is 1. The van der Waals surface area contributed by atoms with E-state index in [1.807, 2.05) is 20.8 Å². The standard InChI is InChI=1S/C9H12FN3OS/c1-9(2,3)15(14)13-6-8-11-4-7(10)5-12-8/h4-6H,1-3H3/t15-/m1/s1. The first-order valence-corrected chi connectivity index (χ1v) is 5.44.